The number of ether oxygens (including phenoxy) is 1. The maximum atomic E-state index is 5.69. The van der Waals surface area contributed by atoms with E-state index in [1.54, 1.807) is 0 Å². The molecule has 1 aliphatic carbocycles. The van der Waals surface area contributed by atoms with Crippen molar-refractivity contribution in [3.05, 3.63) is 35.9 Å². The van der Waals surface area contributed by atoms with Gasteiger partial charge in [-0.25, -0.2) is 0 Å². The molecule has 0 bridgehead atoms. The first-order chi connectivity index (χ1) is 9.95. The summed E-state index contributed by atoms with van der Waals surface area (Å²) in [7, 11) is 0. The van der Waals surface area contributed by atoms with Crippen molar-refractivity contribution in [1.29, 1.82) is 0 Å². The van der Waals surface area contributed by atoms with Gasteiger partial charge in [0.25, 0.3) is 0 Å². The number of hydrogen-bond acceptors (Lipinski definition) is 2. The molecule has 0 heterocycles. The molecule has 0 spiro atoms. The Bertz CT molecular complexity index is 335. The standard InChI is InChI=1S/C18H29NO/c1(6-14-19-18-12-13-18)2-7-15-20-16-8-11-17-9-4-3-5-10-17/h3-5,9-10,18-19H,1-2,6-8,11-16H2. The summed E-state index contributed by atoms with van der Waals surface area (Å²) in [4.78, 5) is 0. The van der Waals surface area contributed by atoms with Crippen LogP contribution >= 0.6 is 0 Å². The summed E-state index contributed by atoms with van der Waals surface area (Å²) in [6.07, 6.45) is 10.3. The lowest BCUT2D eigenvalue weighted by Gasteiger charge is -2.05. The van der Waals surface area contributed by atoms with Gasteiger partial charge in [-0.1, -0.05) is 43.2 Å². The monoisotopic (exact) mass is 275 g/mol. The Morgan fingerprint density at radius 3 is 2.45 bits per heavy atom. The van der Waals surface area contributed by atoms with E-state index >= 15 is 0 Å². The highest BCUT2D eigenvalue weighted by Gasteiger charge is 2.19. The molecular formula is C18H29NO. The van der Waals surface area contributed by atoms with E-state index in [2.05, 4.69) is 35.6 Å². The van der Waals surface area contributed by atoms with Gasteiger partial charge in [-0.15, -0.1) is 0 Å². The van der Waals surface area contributed by atoms with E-state index in [9.17, 15) is 0 Å². The smallest absolute Gasteiger partial charge is 0.0469 e. The molecule has 0 radical (unpaired) electrons. The van der Waals surface area contributed by atoms with E-state index in [4.69, 9.17) is 4.74 Å². The van der Waals surface area contributed by atoms with Crippen molar-refractivity contribution in [2.75, 3.05) is 19.8 Å². The zero-order valence-corrected chi connectivity index (χ0v) is 12.7. The molecule has 2 heteroatoms. The number of rotatable bonds is 12. The molecule has 0 aromatic heterocycles. The summed E-state index contributed by atoms with van der Waals surface area (Å²) in [6, 6.07) is 11.5. The van der Waals surface area contributed by atoms with Crippen LogP contribution < -0.4 is 5.32 Å². The van der Waals surface area contributed by atoms with E-state index in [-0.39, 0.29) is 0 Å². The van der Waals surface area contributed by atoms with E-state index in [0.717, 1.165) is 32.1 Å². The van der Waals surface area contributed by atoms with Crippen LogP contribution in [0.25, 0.3) is 0 Å². The minimum atomic E-state index is 0.864. The molecule has 20 heavy (non-hydrogen) atoms. The van der Waals surface area contributed by atoms with Crippen LogP contribution in [0.3, 0.4) is 0 Å². The van der Waals surface area contributed by atoms with Gasteiger partial charge < -0.3 is 10.1 Å². The molecule has 1 fully saturated rings. The van der Waals surface area contributed by atoms with Gasteiger partial charge in [0.1, 0.15) is 0 Å². The predicted octanol–water partition coefficient (Wildman–Crippen LogP) is 3.95. The van der Waals surface area contributed by atoms with Crippen LogP contribution in [0.1, 0.15) is 50.5 Å². The normalized spacial score (nSPS) is 14.6. The summed E-state index contributed by atoms with van der Waals surface area (Å²) in [5.74, 6) is 0. The maximum Gasteiger partial charge on any atom is 0.0469 e. The third kappa shape index (κ3) is 7.66. The Balaban J connectivity index is 1.30. The van der Waals surface area contributed by atoms with E-state index in [1.165, 1.54) is 50.6 Å². The second-order valence-corrected chi connectivity index (χ2v) is 5.84. The fourth-order valence-corrected chi connectivity index (χ4v) is 2.40. The molecule has 0 unspecified atom stereocenters. The lowest BCUT2D eigenvalue weighted by Crippen LogP contribution is -2.17. The average molecular weight is 275 g/mol. The largest absolute Gasteiger partial charge is 0.381 e. The highest BCUT2D eigenvalue weighted by molar-refractivity contribution is 5.14. The molecule has 2 rings (SSSR count). The van der Waals surface area contributed by atoms with Gasteiger partial charge in [-0.05, 0) is 50.6 Å². The number of benzene rings is 1. The predicted molar refractivity (Wildman–Crippen MR) is 85.1 cm³/mol. The van der Waals surface area contributed by atoms with Gasteiger partial charge in [-0.2, -0.15) is 0 Å². The van der Waals surface area contributed by atoms with E-state index < -0.39 is 0 Å². The second kappa shape index (κ2) is 9.95. The van der Waals surface area contributed by atoms with Gasteiger partial charge >= 0.3 is 0 Å². The third-order valence-corrected chi connectivity index (χ3v) is 3.82. The van der Waals surface area contributed by atoms with Crippen molar-refractivity contribution in [2.45, 2.75) is 57.4 Å². The van der Waals surface area contributed by atoms with Crippen LogP contribution in [0, 0.1) is 0 Å². The lowest BCUT2D eigenvalue weighted by molar-refractivity contribution is 0.127. The van der Waals surface area contributed by atoms with Crippen LogP contribution in [0.15, 0.2) is 30.3 Å². The van der Waals surface area contributed by atoms with Gasteiger partial charge in [-0.3, -0.25) is 0 Å². The first-order valence-corrected chi connectivity index (χ1v) is 8.30. The zero-order valence-electron chi connectivity index (χ0n) is 12.7. The highest BCUT2D eigenvalue weighted by atomic mass is 16.5. The summed E-state index contributed by atoms with van der Waals surface area (Å²) in [6.45, 7) is 3.05. The molecular weight excluding hydrogens is 246 g/mol. The van der Waals surface area contributed by atoms with Gasteiger partial charge in [0.2, 0.25) is 0 Å². The van der Waals surface area contributed by atoms with Crippen LogP contribution in [0.5, 0.6) is 0 Å². The number of aryl methyl sites for hydroxylation is 1. The molecule has 1 N–H and O–H groups in total. The molecule has 1 aromatic rings. The Kier molecular flexibility index (Phi) is 7.73. The highest BCUT2D eigenvalue weighted by Crippen LogP contribution is 2.18. The van der Waals surface area contributed by atoms with E-state index in [1.807, 2.05) is 0 Å². The maximum absolute atomic E-state index is 5.69. The number of hydrogen-bond donors (Lipinski definition) is 1. The lowest BCUT2D eigenvalue weighted by atomic mass is 10.1. The van der Waals surface area contributed by atoms with Crippen LogP contribution in [-0.2, 0) is 11.2 Å². The molecule has 0 atom stereocenters. The quantitative estimate of drug-likeness (QED) is 0.583. The van der Waals surface area contributed by atoms with Gasteiger partial charge in [0.15, 0.2) is 0 Å². The van der Waals surface area contributed by atoms with Crippen molar-refractivity contribution in [2.24, 2.45) is 0 Å². The first kappa shape index (κ1) is 15.5. The topological polar surface area (TPSA) is 21.3 Å². The third-order valence-electron chi connectivity index (χ3n) is 3.82. The molecule has 1 aliphatic rings. The Morgan fingerprint density at radius 1 is 0.900 bits per heavy atom. The van der Waals surface area contributed by atoms with Crippen molar-refractivity contribution >= 4 is 0 Å². The molecule has 0 amide bonds. The van der Waals surface area contributed by atoms with Crippen LogP contribution in [0.2, 0.25) is 0 Å². The molecule has 0 aliphatic heterocycles. The summed E-state index contributed by atoms with van der Waals surface area (Å²) in [5.41, 5.74) is 1.42. The van der Waals surface area contributed by atoms with Crippen LogP contribution in [0.4, 0.5) is 0 Å². The Morgan fingerprint density at radius 2 is 1.65 bits per heavy atom. The SMILES string of the molecule is c1ccc(CCCOCCCCCCNC2CC2)cc1. The average Bonchev–Trinajstić information content (AvgIpc) is 3.30. The fraction of sp³-hybridized carbons (Fsp3) is 0.667. The van der Waals surface area contributed by atoms with Crippen LogP contribution in [-0.4, -0.2) is 25.8 Å². The fourth-order valence-electron chi connectivity index (χ4n) is 2.40. The minimum absolute atomic E-state index is 0.864. The minimum Gasteiger partial charge on any atom is -0.381 e. The number of nitrogens with one attached hydrogen (secondary N) is 1. The van der Waals surface area contributed by atoms with Gasteiger partial charge in [0, 0.05) is 19.3 Å². The molecule has 1 aromatic carbocycles. The van der Waals surface area contributed by atoms with Crippen molar-refractivity contribution in [1.82, 2.24) is 5.32 Å². The molecule has 1 saturated carbocycles. The first-order valence-electron chi connectivity index (χ1n) is 8.30. The Labute approximate surface area is 123 Å². The number of unbranched alkanes of at least 4 members (excludes halogenated alkanes) is 3. The van der Waals surface area contributed by atoms with E-state index in [0.29, 0.717) is 0 Å². The van der Waals surface area contributed by atoms with Gasteiger partial charge in [0.05, 0.1) is 0 Å². The molecule has 0 saturated heterocycles. The van der Waals surface area contributed by atoms with Crippen molar-refractivity contribution in [3.63, 3.8) is 0 Å². The second-order valence-electron chi connectivity index (χ2n) is 5.84. The summed E-state index contributed by atoms with van der Waals surface area (Å²) in [5, 5.41) is 3.56. The Hall–Kier alpha value is -0.860. The van der Waals surface area contributed by atoms with Crippen molar-refractivity contribution in [3.8, 4) is 0 Å². The summed E-state index contributed by atoms with van der Waals surface area (Å²) >= 11 is 0. The molecule has 112 valence electrons. The molecule has 2 nitrogen and oxygen atoms in total. The zero-order chi connectivity index (χ0) is 13.9. The van der Waals surface area contributed by atoms with Crippen molar-refractivity contribution < 1.29 is 4.74 Å². The summed E-state index contributed by atoms with van der Waals surface area (Å²) < 4.78 is 5.69.